The third-order valence-corrected chi connectivity index (χ3v) is 7.45. The van der Waals surface area contributed by atoms with Crippen molar-refractivity contribution in [3.63, 3.8) is 0 Å². The number of hydrogen-bond acceptors (Lipinski definition) is 4. The molecule has 0 N–H and O–H groups in total. The summed E-state index contributed by atoms with van der Waals surface area (Å²) >= 11 is 8.38. The zero-order valence-corrected chi connectivity index (χ0v) is 20.3. The maximum atomic E-state index is 12.7. The highest BCUT2D eigenvalue weighted by molar-refractivity contribution is 7.98. The molecule has 1 aliphatic heterocycles. The van der Waals surface area contributed by atoms with E-state index in [1.54, 1.807) is 16.7 Å². The monoisotopic (exact) mass is 491 g/mol. The number of piperidine rings is 1. The van der Waals surface area contributed by atoms with Gasteiger partial charge < -0.3 is 9.64 Å². The molecule has 3 aromatic carbocycles. The van der Waals surface area contributed by atoms with Gasteiger partial charge in [0.2, 0.25) is 0 Å². The molecule has 1 atom stereocenters. The number of carbonyl (C=O) groups is 1. The van der Waals surface area contributed by atoms with E-state index >= 15 is 0 Å². The summed E-state index contributed by atoms with van der Waals surface area (Å²) in [6, 6.07) is 24.4. The first-order valence-electron chi connectivity index (χ1n) is 11.5. The molecule has 0 bridgehead atoms. The van der Waals surface area contributed by atoms with Crippen LogP contribution in [0.5, 0.6) is 0 Å². The molecule has 0 spiro atoms. The smallest absolute Gasteiger partial charge is 0.410 e. The number of nitrogens with zero attached hydrogens (tertiary/aromatic N) is 3. The molecule has 0 saturated carbocycles. The van der Waals surface area contributed by atoms with Crippen LogP contribution in [0.15, 0.2) is 83.9 Å². The third-order valence-electron chi connectivity index (χ3n) is 6.09. The van der Waals surface area contributed by atoms with Gasteiger partial charge in [0.05, 0.1) is 22.8 Å². The number of fused-ring (bicyclic) bond motifs is 1. The molecule has 34 heavy (non-hydrogen) atoms. The van der Waals surface area contributed by atoms with Crippen LogP contribution in [0, 0.1) is 0 Å². The molecule has 2 heterocycles. The normalized spacial score (nSPS) is 16.0. The third kappa shape index (κ3) is 5.24. The molecule has 1 amide bonds. The molecular formula is C27H26ClN3O2S. The van der Waals surface area contributed by atoms with E-state index in [-0.39, 0.29) is 18.7 Å². The fraction of sp³-hybridized carbons (Fsp3) is 0.259. The van der Waals surface area contributed by atoms with Crippen LogP contribution in [-0.2, 0) is 17.1 Å². The second kappa shape index (κ2) is 10.5. The van der Waals surface area contributed by atoms with Gasteiger partial charge in [-0.2, -0.15) is 5.10 Å². The minimum absolute atomic E-state index is 0.0842. The maximum absolute atomic E-state index is 12.7. The van der Waals surface area contributed by atoms with Crippen molar-refractivity contribution in [2.45, 2.75) is 36.1 Å². The number of halogens is 1. The molecule has 7 heteroatoms. The van der Waals surface area contributed by atoms with Crippen molar-refractivity contribution < 1.29 is 9.53 Å². The standard InChI is InChI=1S/C27H26ClN3O2S/c28-25-14-23(34-19-21-10-5-2-6-11-21)15-26-24(25)16-29-31(26)22-12-7-13-30(17-22)27(32)33-18-20-8-3-1-4-9-20/h1-6,8-11,14-16,22H,7,12-13,17-19H2. The van der Waals surface area contributed by atoms with Gasteiger partial charge in [-0.25, -0.2) is 4.79 Å². The van der Waals surface area contributed by atoms with Gasteiger partial charge in [-0.05, 0) is 36.1 Å². The lowest BCUT2D eigenvalue weighted by Crippen LogP contribution is -2.41. The second-order valence-corrected chi connectivity index (χ2v) is 9.94. The van der Waals surface area contributed by atoms with Crippen molar-refractivity contribution >= 4 is 40.4 Å². The highest BCUT2D eigenvalue weighted by Crippen LogP contribution is 2.34. The lowest BCUT2D eigenvalue weighted by molar-refractivity contribution is 0.0794. The van der Waals surface area contributed by atoms with Crippen LogP contribution in [0.3, 0.4) is 0 Å². The van der Waals surface area contributed by atoms with Crippen LogP contribution in [0.2, 0.25) is 5.02 Å². The van der Waals surface area contributed by atoms with Gasteiger partial charge in [-0.15, -0.1) is 11.8 Å². The SMILES string of the molecule is O=C(OCc1ccccc1)N1CCCC(n2ncc3c(Cl)cc(SCc4ccccc4)cc32)C1. The summed E-state index contributed by atoms with van der Waals surface area (Å²) in [5.41, 5.74) is 3.26. The Hall–Kier alpha value is -2.96. The molecule has 5 nitrogen and oxygen atoms in total. The highest BCUT2D eigenvalue weighted by Gasteiger charge is 2.27. The maximum Gasteiger partial charge on any atom is 0.410 e. The predicted octanol–water partition coefficient (Wildman–Crippen LogP) is 6.96. The number of thioether (sulfide) groups is 1. The van der Waals surface area contributed by atoms with Gasteiger partial charge in [0, 0.05) is 29.1 Å². The van der Waals surface area contributed by atoms with E-state index in [0.717, 1.165) is 40.0 Å². The van der Waals surface area contributed by atoms with Crippen LogP contribution in [-0.4, -0.2) is 33.9 Å². The molecule has 4 aromatic rings. The van der Waals surface area contributed by atoms with Crippen molar-refractivity contribution in [2.24, 2.45) is 0 Å². The average Bonchev–Trinajstić information content (AvgIpc) is 3.32. The molecular weight excluding hydrogens is 466 g/mol. The van der Waals surface area contributed by atoms with Crippen molar-refractivity contribution in [2.75, 3.05) is 13.1 Å². The van der Waals surface area contributed by atoms with Gasteiger partial charge in [0.15, 0.2) is 0 Å². The topological polar surface area (TPSA) is 47.4 Å². The Morgan fingerprint density at radius 1 is 1.06 bits per heavy atom. The van der Waals surface area contributed by atoms with Gasteiger partial charge in [0.25, 0.3) is 0 Å². The quantitative estimate of drug-likeness (QED) is 0.274. The van der Waals surface area contributed by atoms with Gasteiger partial charge in [-0.1, -0.05) is 72.3 Å². The first-order valence-corrected chi connectivity index (χ1v) is 12.8. The van der Waals surface area contributed by atoms with Crippen LogP contribution >= 0.6 is 23.4 Å². The number of carbonyl (C=O) groups excluding carboxylic acids is 1. The molecule has 0 radical (unpaired) electrons. The number of likely N-dealkylation sites (tertiary alicyclic amines) is 1. The van der Waals surface area contributed by atoms with Crippen molar-refractivity contribution in [3.05, 3.63) is 95.1 Å². The molecule has 1 fully saturated rings. The Balaban J connectivity index is 1.29. The molecule has 1 saturated heterocycles. The van der Waals surface area contributed by atoms with E-state index in [1.807, 2.05) is 53.3 Å². The first kappa shape index (κ1) is 22.8. The fourth-order valence-electron chi connectivity index (χ4n) is 4.32. The largest absolute Gasteiger partial charge is 0.445 e. The molecule has 1 aliphatic rings. The fourth-order valence-corrected chi connectivity index (χ4v) is 5.57. The number of hydrogen-bond donors (Lipinski definition) is 0. The summed E-state index contributed by atoms with van der Waals surface area (Å²) < 4.78 is 7.60. The Kier molecular flexibility index (Phi) is 7.07. The zero-order valence-electron chi connectivity index (χ0n) is 18.8. The summed E-state index contributed by atoms with van der Waals surface area (Å²) in [4.78, 5) is 15.6. The van der Waals surface area contributed by atoms with E-state index < -0.39 is 0 Å². The molecule has 1 aromatic heterocycles. The van der Waals surface area contributed by atoms with Crippen LogP contribution in [0.1, 0.15) is 30.0 Å². The average molecular weight is 492 g/mol. The zero-order chi connectivity index (χ0) is 23.3. The number of amides is 1. The first-order chi connectivity index (χ1) is 16.7. The lowest BCUT2D eigenvalue weighted by atomic mass is 10.1. The van der Waals surface area contributed by atoms with Crippen LogP contribution in [0.4, 0.5) is 4.79 Å². The number of benzene rings is 3. The van der Waals surface area contributed by atoms with E-state index in [0.29, 0.717) is 18.1 Å². The molecule has 0 aliphatic carbocycles. The Bertz CT molecular complexity index is 1260. The second-order valence-electron chi connectivity index (χ2n) is 8.48. The predicted molar refractivity (Wildman–Crippen MR) is 137 cm³/mol. The van der Waals surface area contributed by atoms with Crippen LogP contribution in [0.25, 0.3) is 10.9 Å². The number of aromatic nitrogens is 2. The van der Waals surface area contributed by atoms with Crippen molar-refractivity contribution in [3.8, 4) is 0 Å². The Labute approximate surface area is 208 Å². The minimum Gasteiger partial charge on any atom is -0.445 e. The molecule has 174 valence electrons. The lowest BCUT2D eigenvalue weighted by Gasteiger charge is -2.32. The van der Waals surface area contributed by atoms with Crippen LogP contribution < -0.4 is 0 Å². The van der Waals surface area contributed by atoms with E-state index in [2.05, 4.69) is 35.4 Å². The Morgan fingerprint density at radius 2 is 1.79 bits per heavy atom. The molecule has 1 unspecified atom stereocenters. The minimum atomic E-state index is -0.276. The van der Waals surface area contributed by atoms with Gasteiger partial charge in [0.1, 0.15) is 6.61 Å². The number of ether oxygens (including phenoxy) is 1. The Morgan fingerprint density at radius 3 is 2.56 bits per heavy atom. The summed E-state index contributed by atoms with van der Waals surface area (Å²) in [6.07, 6.45) is 3.42. The van der Waals surface area contributed by atoms with Gasteiger partial charge >= 0.3 is 6.09 Å². The van der Waals surface area contributed by atoms with E-state index in [9.17, 15) is 4.79 Å². The summed E-state index contributed by atoms with van der Waals surface area (Å²) in [7, 11) is 0. The summed E-state index contributed by atoms with van der Waals surface area (Å²) in [5.74, 6) is 0.876. The summed E-state index contributed by atoms with van der Waals surface area (Å²) in [5, 5.41) is 6.31. The van der Waals surface area contributed by atoms with Crippen molar-refractivity contribution in [1.82, 2.24) is 14.7 Å². The van der Waals surface area contributed by atoms with E-state index in [4.69, 9.17) is 16.3 Å². The summed E-state index contributed by atoms with van der Waals surface area (Å²) in [6.45, 7) is 1.55. The van der Waals surface area contributed by atoms with Crippen molar-refractivity contribution in [1.29, 1.82) is 0 Å². The van der Waals surface area contributed by atoms with E-state index in [1.165, 1.54) is 5.56 Å². The highest BCUT2D eigenvalue weighted by atomic mass is 35.5. The van der Waals surface area contributed by atoms with Gasteiger partial charge in [-0.3, -0.25) is 4.68 Å². The number of rotatable bonds is 6. The molecule has 5 rings (SSSR count).